The molecule has 0 spiro atoms. The normalized spacial score (nSPS) is 23.7. The predicted molar refractivity (Wildman–Crippen MR) is 97.4 cm³/mol. The van der Waals surface area contributed by atoms with Crippen molar-refractivity contribution in [3.05, 3.63) is 42.1 Å². The van der Waals surface area contributed by atoms with Gasteiger partial charge in [0, 0.05) is 37.1 Å². The molecule has 2 atom stereocenters. The van der Waals surface area contributed by atoms with Crippen molar-refractivity contribution in [1.29, 1.82) is 0 Å². The van der Waals surface area contributed by atoms with E-state index in [2.05, 4.69) is 34.1 Å². The lowest BCUT2D eigenvalue weighted by Gasteiger charge is -2.29. The van der Waals surface area contributed by atoms with Gasteiger partial charge in [-0.25, -0.2) is 0 Å². The summed E-state index contributed by atoms with van der Waals surface area (Å²) in [6, 6.07) is 10.4. The maximum atomic E-state index is 10.4. The maximum Gasteiger partial charge on any atom is 0.290 e. The van der Waals surface area contributed by atoms with Crippen LogP contribution >= 0.6 is 0 Å². The highest BCUT2D eigenvalue weighted by Crippen LogP contribution is 2.30. The molecule has 1 aromatic carbocycles. The fourth-order valence-corrected chi connectivity index (χ4v) is 3.95. The minimum atomic E-state index is -0.250. The quantitative estimate of drug-likeness (QED) is 0.836. The van der Waals surface area contributed by atoms with Crippen LogP contribution in [-0.2, 0) is 11.2 Å². The number of benzene rings is 1. The molecule has 1 saturated carbocycles. The van der Waals surface area contributed by atoms with Gasteiger partial charge in [-0.15, -0.1) is 0 Å². The lowest BCUT2D eigenvalue weighted by Crippen LogP contribution is -2.31. The van der Waals surface area contributed by atoms with Gasteiger partial charge >= 0.3 is 0 Å². The summed E-state index contributed by atoms with van der Waals surface area (Å²) < 4.78 is 0. The van der Waals surface area contributed by atoms with Crippen molar-refractivity contribution in [2.24, 2.45) is 11.8 Å². The maximum absolute atomic E-state index is 10.4. The molecule has 2 N–H and O–H groups in total. The van der Waals surface area contributed by atoms with Crippen LogP contribution in [0.2, 0.25) is 0 Å². The summed E-state index contributed by atoms with van der Waals surface area (Å²) in [7, 11) is 0. The highest BCUT2D eigenvalue weighted by Gasteiger charge is 2.33. The van der Waals surface area contributed by atoms with Crippen molar-refractivity contribution in [3.8, 4) is 0 Å². The van der Waals surface area contributed by atoms with E-state index in [1.165, 1.54) is 36.8 Å². The summed E-state index contributed by atoms with van der Waals surface area (Å²) in [5.74, 6) is 1.23. The Balaban J connectivity index is 0.000000569. The van der Waals surface area contributed by atoms with E-state index in [0.29, 0.717) is 5.92 Å². The first-order valence-electron chi connectivity index (χ1n) is 9.02. The molecule has 0 unspecified atom stereocenters. The molecule has 2 heterocycles. The summed E-state index contributed by atoms with van der Waals surface area (Å²) in [6.07, 6.45) is 6.81. The zero-order valence-corrected chi connectivity index (χ0v) is 14.4. The van der Waals surface area contributed by atoms with Gasteiger partial charge in [0.15, 0.2) is 0 Å². The molecule has 2 aromatic rings. The number of aromatic nitrogens is 1. The van der Waals surface area contributed by atoms with Crippen LogP contribution in [0.1, 0.15) is 24.8 Å². The van der Waals surface area contributed by atoms with Gasteiger partial charge in [-0.1, -0.05) is 24.6 Å². The number of pyridine rings is 1. The number of carboxylic acid groups (broad SMARTS) is 1. The SMILES string of the molecule is O=CO.O[C@@H]1CN(CC2CCC2)C[C@H]1Cc1ccnc2ccccc12. The Morgan fingerprint density at radius 2 is 1.96 bits per heavy atom. The fraction of sp³-hybridized carbons (Fsp3) is 0.500. The van der Waals surface area contributed by atoms with Crippen LogP contribution in [0, 0.1) is 11.8 Å². The third kappa shape index (κ3) is 4.35. The second-order valence-corrected chi connectivity index (χ2v) is 7.14. The average molecular weight is 342 g/mol. The van der Waals surface area contributed by atoms with E-state index in [-0.39, 0.29) is 12.6 Å². The molecule has 2 aliphatic rings. The van der Waals surface area contributed by atoms with E-state index in [4.69, 9.17) is 9.90 Å². The van der Waals surface area contributed by atoms with Gasteiger partial charge in [0.2, 0.25) is 0 Å². The van der Waals surface area contributed by atoms with E-state index in [0.717, 1.165) is 30.9 Å². The molecule has 4 rings (SSSR count). The van der Waals surface area contributed by atoms with Gasteiger partial charge in [-0.2, -0.15) is 0 Å². The largest absolute Gasteiger partial charge is 0.483 e. The van der Waals surface area contributed by atoms with Gasteiger partial charge in [0.25, 0.3) is 6.47 Å². The van der Waals surface area contributed by atoms with E-state index < -0.39 is 0 Å². The van der Waals surface area contributed by atoms with Crippen molar-refractivity contribution >= 4 is 17.4 Å². The lowest BCUT2D eigenvalue weighted by atomic mass is 9.85. The van der Waals surface area contributed by atoms with E-state index in [1.54, 1.807) is 0 Å². The third-order valence-electron chi connectivity index (χ3n) is 5.44. The Hall–Kier alpha value is -1.98. The van der Waals surface area contributed by atoms with Crippen LogP contribution < -0.4 is 0 Å². The molecule has 1 aromatic heterocycles. The summed E-state index contributed by atoms with van der Waals surface area (Å²) in [5, 5.41) is 18.6. The van der Waals surface area contributed by atoms with Crippen molar-refractivity contribution in [2.45, 2.75) is 31.8 Å². The monoisotopic (exact) mass is 342 g/mol. The molecular formula is C20H26N2O3. The number of aliphatic hydroxyl groups excluding tert-OH is 1. The number of β-amino-alcohol motifs (C(OH)–C–C–N with tert-alkyl or cyclic N) is 1. The van der Waals surface area contributed by atoms with Crippen molar-refractivity contribution in [1.82, 2.24) is 9.88 Å². The summed E-state index contributed by atoms with van der Waals surface area (Å²) in [4.78, 5) is 15.3. The van der Waals surface area contributed by atoms with Gasteiger partial charge in [-0.3, -0.25) is 9.78 Å². The first kappa shape index (κ1) is 17.8. The molecular weight excluding hydrogens is 316 g/mol. The van der Waals surface area contributed by atoms with Crippen LogP contribution in [0.3, 0.4) is 0 Å². The fourth-order valence-electron chi connectivity index (χ4n) is 3.95. The van der Waals surface area contributed by atoms with Crippen molar-refractivity contribution in [2.75, 3.05) is 19.6 Å². The van der Waals surface area contributed by atoms with Crippen LogP contribution in [0.15, 0.2) is 36.5 Å². The molecule has 1 aliphatic carbocycles. The number of para-hydroxylation sites is 1. The molecule has 5 nitrogen and oxygen atoms in total. The van der Waals surface area contributed by atoms with Gasteiger partial charge in [-0.05, 0) is 42.9 Å². The Morgan fingerprint density at radius 1 is 1.20 bits per heavy atom. The van der Waals surface area contributed by atoms with E-state index >= 15 is 0 Å². The molecule has 5 heteroatoms. The average Bonchev–Trinajstić information content (AvgIpc) is 2.92. The molecule has 1 aliphatic heterocycles. The van der Waals surface area contributed by atoms with Gasteiger partial charge < -0.3 is 15.1 Å². The van der Waals surface area contributed by atoms with Crippen molar-refractivity contribution in [3.63, 3.8) is 0 Å². The number of hydrogen-bond donors (Lipinski definition) is 2. The minimum Gasteiger partial charge on any atom is -0.483 e. The van der Waals surface area contributed by atoms with Crippen LogP contribution in [-0.4, -0.2) is 52.3 Å². The minimum absolute atomic E-state index is 0.188. The Bertz CT molecular complexity index is 697. The summed E-state index contributed by atoms with van der Waals surface area (Å²) in [6.45, 7) is 2.82. The van der Waals surface area contributed by atoms with Crippen molar-refractivity contribution < 1.29 is 15.0 Å². The van der Waals surface area contributed by atoms with Gasteiger partial charge in [0.05, 0.1) is 11.6 Å². The van der Waals surface area contributed by atoms with Crippen LogP contribution in [0.5, 0.6) is 0 Å². The first-order valence-corrected chi connectivity index (χ1v) is 9.02. The van der Waals surface area contributed by atoms with Crippen LogP contribution in [0.25, 0.3) is 10.9 Å². The number of aliphatic hydroxyl groups is 1. The smallest absolute Gasteiger partial charge is 0.290 e. The number of nitrogens with zero attached hydrogens (tertiary/aromatic N) is 2. The number of likely N-dealkylation sites (tertiary alicyclic amines) is 1. The summed E-state index contributed by atoms with van der Waals surface area (Å²) in [5.41, 5.74) is 2.37. The molecule has 1 saturated heterocycles. The third-order valence-corrected chi connectivity index (χ3v) is 5.44. The standard InChI is InChI=1S/C19H24N2O.CH2O2/c22-19-13-21(11-14-4-3-5-14)12-16(19)10-15-8-9-20-18-7-2-1-6-17(15)18;2-1-3/h1-2,6-9,14,16,19,22H,3-5,10-13H2;1H,(H,2,3)/t16-,19-;/m1./s1. The Labute approximate surface area is 148 Å². The number of hydrogen-bond acceptors (Lipinski definition) is 4. The Morgan fingerprint density at radius 3 is 2.68 bits per heavy atom. The highest BCUT2D eigenvalue weighted by molar-refractivity contribution is 5.81. The van der Waals surface area contributed by atoms with Crippen LogP contribution in [0.4, 0.5) is 0 Å². The predicted octanol–water partition coefficient (Wildman–Crippen LogP) is 2.57. The summed E-state index contributed by atoms with van der Waals surface area (Å²) >= 11 is 0. The second-order valence-electron chi connectivity index (χ2n) is 7.14. The number of rotatable bonds is 4. The van der Waals surface area contributed by atoms with E-state index in [9.17, 15) is 5.11 Å². The molecule has 2 fully saturated rings. The molecule has 0 amide bonds. The number of carbonyl (C=O) groups is 1. The zero-order valence-electron chi connectivity index (χ0n) is 14.4. The first-order chi connectivity index (χ1) is 12.2. The highest BCUT2D eigenvalue weighted by atomic mass is 16.3. The second kappa shape index (κ2) is 8.41. The molecule has 0 bridgehead atoms. The topological polar surface area (TPSA) is 73.7 Å². The lowest BCUT2D eigenvalue weighted by molar-refractivity contribution is -0.122. The zero-order chi connectivity index (χ0) is 17.6. The van der Waals surface area contributed by atoms with E-state index in [1.807, 2.05) is 12.3 Å². The molecule has 134 valence electrons. The molecule has 25 heavy (non-hydrogen) atoms. The van der Waals surface area contributed by atoms with Gasteiger partial charge in [0.1, 0.15) is 0 Å². The Kier molecular flexibility index (Phi) is 6.00. The number of fused-ring (bicyclic) bond motifs is 1. The molecule has 0 radical (unpaired) electrons.